The van der Waals surface area contributed by atoms with Crippen molar-refractivity contribution in [3.05, 3.63) is 95.6 Å². The Morgan fingerprint density at radius 2 is 1.48 bits per heavy atom. The van der Waals surface area contributed by atoms with Gasteiger partial charge in [-0.3, -0.25) is 4.31 Å². The number of sulfonamides is 1. The van der Waals surface area contributed by atoms with Crippen molar-refractivity contribution in [2.75, 3.05) is 4.31 Å². The van der Waals surface area contributed by atoms with Crippen LogP contribution in [-0.4, -0.2) is 8.42 Å². The minimum atomic E-state index is -4.27. The van der Waals surface area contributed by atoms with Gasteiger partial charge in [-0.15, -0.1) is 0 Å². The number of hydrogen-bond acceptors (Lipinski definition) is 2. The maximum Gasteiger partial charge on any atom is 0.267 e. The molecule has 0 aliphatic carbocycles. The first-order chi connectivity index (χ1) is 12.8. The van der Waals surface area contributed by atoms with Gasteiger partial charge in [0, 0.05) is 5.56 Å². The fourth-order valence-corrected chi connectivity index (χ4v) is 4.73. The lowest BCUT2D eigenvalue weighted by atomic mass is 10.1. The Bertz CT molecular complexity index is 1070. The predicted molar refractivity (Wildman–Crippen MR) is 102 cm³/mol. The molecule has 0 aliphatic rings. The van der Waals surface area contributed by atoms with E-state index in [1.807, 2.05) is 13.0 Å². The maximum absolute atomic E-state index is 14.4. The second-order valence-corrected chi connectivity index (χ2v) is 8.05. The molecule has 1 unspecified atom stereocenters. The van der Waals surface area contributed by atoms with E-state index < -0.39 is 32.6 Å². The van der Waals surface area contributed by atoms with Crippen LogP contribution < -0.4 is 4.31 Å². The molecule has 0 spiro atoms. The fraction of sp³-hybridized carbons (Fsp3) is 0.143. The molecule has 3 aromatic rings. The highest BCUT2D eigenvalue weighted by Gasteiger charge is 2.33. The Hall–Kier alpha value is -2.73. The van der Waals surface area contributed by atoms with Gasteiger partial charge in [-0.2, -0.15) is 0 Å². The van der Waals surface area contributed by atoms with E-state index >= 15 is 0 Å². The van der Waals surface area contributed by atoms with E-state index in [1.165, 1.54) is 36.4 Å². The first-order valence-corrected chi connectivity index (χ1v) is 9.86. The molecule has 0 aromatic heterocycles. The summed E-state index contributed by atoms with van der Waals surface area (Å²) < 4.78 is 56.5. The van der Waals surface area contributed by atoms with E-state index in [0.717, 1.165) is 15.9 Å². The summed E-state index contributed by atoms with van der Waals surface area (Å²) >= 11 is 0. The first kappa shape index (κ1) is 19.0. The summed E-state index contributed by atoms with van der Waals surface area (Å²) in [5, 5.41) is 0. The van der Waals surface area contributed by atoms with Crippen LogP contribution in [-0.2, 0) is 10.0 Å². The summed E-state index contributed by atoms with van der Waals surface area (Å²) in [6.07, 6.45) is 0. The zero-order valence-electron chi connectivity index (χ0n) is 14.9. The van der Waals surface area contributed by atoms with Crippen LogP contribution in [0.15, 0.2) is 77.7 Å². The van der Waals surface area contributed by atoms with Gasteiger partial charge >= 0.3 is 0 Å². The average molecular weight is 387 g/mol. The van der Waals surface area contributed by atoms with Crippen LogP contribution in [0.5, 0.6) is 0 Å². The SMILES string of the molecule is Cc1cccc(N(C(C)c2ccccc2F)S(=O)(=O)c2ccccc2F)c1. The minimum absolute atomic E-state index is 0.207. The Labute approximate surface area is 157 Å². The number of aryl methyl sites for hydroxylation is 1. The minimum Gasteiger partial charge on any atom is -0.259 e. The Kier molecular flexibility index (Phi) is 5.28. The molecule has 0 heterocycles. The summed E-state index contributed by atoms with van der Waals surface area (Å²) in [7, 11) is -4.27. The third-order valence-corrected chi connectivity index (χ3v) is 6.27. The average Bonchev–Trinajstić information content (AvgIpc) is 2.62. The van der Waals surface area contributed by atoms with E-state index in [-0.39, 0.29) is 5.56 Å². The maximum atomic E-state index is 14.4. The standard InChI is InChI=1S/C21H19F2NO2S/c1-15-8-7-9-17(14-15)24(16(2)18-10-3-4-11-19(18)22)27(25,26)21-13-6-5-12-20(21)23/h3-14,16H,1-2H3. The summed E-state index contributed by atoms with van der Waals surface area (Å²) in [6.45, 7) is 3.41. The molecular weight excluding hydrogens is 368 g/mol. The van der Waals surface area contributed by atoms with Gasteiger partial charge in [0.05, 0.1) is 11.7 Å². The van der Waals surface area contributed by atoms with Crippen molar-refractivity contribution in [3.8, 4) is 0 Å². The van der Waals surface area contributed by atoms with Crippen LogP contribution >= 0.6 is 0 Å². The molecule has 0 saturated carbocycles. The van der Waals surface area contributed by atoms with Gasteiger partial charge in [-0.05, 0) is 49.7 Å². The molecule has 0 saturated heterocycles. The van der Waals surface area contributed by atoms with Gasteiger partial charge in [-0.25, -0.2) is 17.2 Å². The summed E-state index contributed by atoms with van der Waals surface area (Å²) in [5.41, 5.74) is 1.38. The third kappa shape index (κ3) is 3.71. The number of halogens is 2. The highest BCUT2D eigenvalue weighted by molar-refractivity contribution is 7.92. The van der Waals surface area contributed by atoms with E-state index in [4.69, 9.17) is 0 Å². The predicted octanol–water partition coefficient (Wildman–Crippen LogP) is 5.23. The summed E-state index contributed by atoms with van der Waals surface area (Å²) in [4.78, 5) is -0.449. The van der Waals surface area contributed by atoms with Crippen molar-refractivity contribution in [1.82, 2.24) is 0 Å². The van der Waals surface area contributed by atoms with Gasteiger partial charge < -0.3 is 0 Å². The van der Waals surface area contributed by atoms with Gasteiger partial charge in [0.1, 0.15) is 16.5 Å². The zero-order chi connectivity index (χ0) is 19.6. The molecule has 0 amide bonds. The van der Waals surface area contributed by atoms with E-state index in [2.05, 4.69) is 0 Å². The van der Waals surface area contributed by atoms with Crippen LogP contribution in [0, 0.1) is 18.6 Å². The molecule has 0 aliphatic heterocycles. The molecule has 0 bridgehead atoms. The van der Waals surface area contributed by atoms with Crippen molar-refractivity contribution >= 4 is 15.7 Å². The topological polar surface area (TPSA) is 37.4 Å². The summed E-state index contributed by atoms with van der Waals surface area (Å²) in [6, 6.07) is 17.1. The highest BCUT2D eigenvalue weighted by atomic mass is 32.2. The molecule has 3 nitrogen and oxygen atoms in total. The normalized spacial score (nSPS) is 12.6. The lowest BCUT2D eigenvalue weighted by Crippen LogP contribution is -2.34. The number of hydrogen-bond donors (Lipinski definition) is 0. The van der Waals surface area contributed by atoms with E-state index in [0.29, 0.717) is 5.69 Å². The second kappa shape index (κ2) is 7.48. The van der Waals surface area contributed by atoms with Gasteiger partial charge in [-0.1, -0.05) is 42.5 Å². The first-order valence-electron chi connectivity index (χ1n) is 8.42. The molecule has 6 heteroatoms. The van der Waals surface area contributed by atoms with E-state index in [9.17, 15) is 17.2 Å². The fourth-order valence-electron chi connectivity index (χ4n) is 3.04. The molecule has 3 rings (SSSR count). The monoisotopic (exact) mass is 387 g/mol. The van der Waals surface area contributed by atoms with Crippen molar-refractivity contribution in [3.63, 3.8) is 0 Å². The zero-order valence-corrected chi connectivity index (χ0v) is 15.7. The lowest BCUT2D eigenvalue weighted by Gasteiger charge is -2.31. The Morgan fingerprint density at radius 1 is 0.852 bits per heavy atom. The molecule has 0 radical (unpaired) electrons. The summed E-state index contributed by atoms with van der Waals surface area (Å²) in [5.74, 6) is -1.37. The largest absolute Gasteiger partial charge is 0.267 e. The number of rotatable bonds is 5. The number of benzene rings is 3. The van der Waals surface area contributed by atoms with E-state index in [1.54, 1.807) is 31.2 Å². The van der Waals surface area contributed by atoms with Gasteiger partial charge in [0.2, 0.25) is 0 Å². The molecule has 1 atom stereocenters. The van der Waals surface area contributed by atoms with Crippen molar-refractivity contribution in [2.24, 2.45) is 0 Å². The highest BCUT2D eigenvalue weighted by Crippen LogP contribution is 2.35. The van der Waals surface area contributed by atoms with Crippen molar-refractivity contribution in [2.45, 2.75) is 24.8 Å². The third-order valence-electron chi connectivity index (χ3n) is 4.34. The van der Waals surface area contributed by atoms with Crippen molar-refractivity contribution < 1.29 is 17.2 Å². The molecule has 27 heavy (non-hydrogen) atoms. The van der Waals surface area contributed by atoms with Crippen LogP contribution in [0.1, 0.15) is 24.1 Å². The second-order valence-electron chi connectivity index (χ2n) is 6.27. The van der Waals surface area contributed by atoms with Gasteiger partial charge in [0.25, 0.3) is 10.0 Å². The smallest absolute Gasteiger partial charge is 0.259 e. The Morgan fingerprint density at radius 3 is 2.11 bits per heavy atom. The molecule has 3 aromatic carbocycles. The van der Waals surface area contributed by atoms with Gasteiger partial charge in [0.15, 0.2) is 0 Å². The molecule has 0 fully saturated rings. The number of anilines is 1. The van der Waals surface area contributed by atoms with Crippen LogP contribution in [0.25, 0.3) is 0 Å². The Balaban J connectivity index is 2.22. The molecule has 140 valence electrons. The van der Waals surface area contributed by atoms with Crippen LogP contribution in [0.4, 0.5) is 14.5 Å². The molecule has 0 N–H and O–H groups in total. The van der Waals surface area contributed by atoms with Crippen LogP contribution in [0.2, 0.25) is 0 Å². The molecular formula is C21H19F2NO2S. The van der Waals surface area contributed by atoms with Crippen molar-refractivity contribution in [1.29, 1.82) is 0 Å². The quantitative estimate of drug-likeness (QED) is 0.601. The lowest BCUT2D eigenvalue weighted by molar-refractivity contribution is 0.553. The van der Waals surface area contributed by atoms with Crippen LogP contribution in [0.3, 0.4) is 0 Å². The number of nitrogens with zero attached hydrogens (tertiary/aromatic N) is 1.